The van der Waals surface area contributed by atoms with Gasteiger partial charge in [0.05, 0.1) is 6.61 Å². The molecule has 2 unspecified atom stereocenters. The number of hydrogen-bond donors (Lipinski definition) is 2. The number of carbonyl (C=O) groups excluding carboxylic acids is 2. The minimum absolute atomic E-state index is 0. The molecule has 2 fully saturated rings. The molecule has 29 heavy (non-hydrogen) atoms. The number of amides is 1. The molecule has 2 aliphatic rings. The summed E-state index contributed by atoms with van der Waals surface area (Å²) in [5, 5.41) is 0. The SMILES string of the molecule is C.C.CCCCOC(=O)COC1CCCCO1.NNC(=O)COC1CCCCO1. The number of esters is 1. The predicted molar refractivity (Wildman–Crippen MR) is 111 cm³/mol. The van der Waals surface area contributed by atoms with Crippen LogP contribution in [0.15, 0.2) is 0 Å². The normalized spacial score (nSPS) is 20.8. The highest BCUT2D eigenvalue weighted by Gasteiger charge is 2.16. The molecule has 1 amide bonds. The molecular formula is C20H42N2O7. The Labute approximate surface area is 175 Å². The lowest BCUT2D eigenvalue weighted by Crippen LogP contribution is -2.35. The van der Waals surface area contributed by atoms with Crippen LogP contribution < -0.4 is 11.3 Å². The molecule has 9 heteroatoms. The van der Waals surface area contributed by atoms with Gasteiger partial charge in [0.15, 0.2) is 12.6 Å². The van der Waals surface area contributed by atoms with Crippen molar-refractivity contribution in [3.05, 3.63) is 0 Å². The van der Waals surface area contributed by atoms with Gasteiger partial charge in [-0.1, -0.05) is 28.2 Å². The van der Waals surface area contributed by atoms with E-state index >= 15 is 0 Å². The van der Waals surface area contributed by atoms with Gasteiger partial charge in [0.1, 0.15) is 13.2 Å². The van der Waals surface area contributed by atoms with Crippen LogP contribution in [0, 0.1) is 0 Å². The fourth-order valence-electron chi connectivity index (χ4n) is 2.43. The van der Waals surface area contributed by atoms with Crippen LogP contribution in [-0.2, 0) is 33.3 Å². The maximum Gasteiger partial charge on any atom is 0.332 e. The van der Waals surface area contributed by atoms with Crippen molar-refractivity contribution in [3.63, 3.8) is 0 Å². The lowest BCUT2D eigenvalue weighted by molar-refractivity contribution is -0.182. The van der Waals surface area contributed by atoms with Crippen molar-refractivity contribution in [2.45, 2.75) is 85.7 Å². The number of nitrogens with two attached hydrogens (primary N) is 1. The van der Waals surface area contributed by atoms with Gasteiger partial charge in [-0.15, -0.1) is 0 Å². The molecule has 0 bridgehead atoms. The van der Waals surface area contributed by atoms with Gasteiger partial charge in [0.2, 0.25) is 0 Å². The molecule has 0 aliphatic carbocycles. The number of rotatable bonds is 9. The predicted octanol–water partition coefficient (Wildman–Crippen LogP) is 2.66. The van der Waals surface area contributed by atoms with Crippen molar-refractivity contribution >= 4 is 11.9 Å². The lowest BCUT2D eigenvalue weighted by atomic mass is 10.2. The molecule has 0 aromatic heterocycles. The highest BCUT2D eigenvalue weighted by atomic mass is 16.7. The van der Waals surface area contributed by atoms with Crippen LogP contribution in [0.25, 0.3) is 0 Å². The molecule has 0 saturated carbocycles. The Bertz CT molecular complexity index is 398. The second kappa shape index (κ2) is 20.0. The largest absolute Gasteiger partial charge is 0.464 e. The van der Waals surface area contributed by atoms with Crippen molar-refractivity contribution < 1.29 is 33.3 Å². The molecule has 174 valence electrons. The standard InChI is InChI=1S/C11H20O4.C7H14N2O3.2CH4/c1-2-3-7-13-10(12)9-15-11-6-4-5-8-14-11;8-9-6(10)5-12-7-3-1-2-4-11-7;;/h11H,2-9H2,1H3;7H,1-5,8H2,(H,9,10);2*1H4. The van der Waals surface area contributed by atoms with Gasteiger partial charge in [-0.05, 0) is 44.9 Å². The minimum atomic E-state index is -0.329. The van der Waals surface area contributed by atoms with Gasteiger partial charge in [-0.3, -0.25) is 10.2 Å². The molecule has 3 N–H and O–H groups in total. The molecule has 0 radical (unpaired) electrons. The van der Waals surface area contributed by atoms with Crippen molar-refractivity contribution in [3.8, 4) is 0 Å². The van der Waals surface area contributed by atoms with E-state index in [1.807, 2.05) is 5.43 Å². The Morgan fingerprint density at radius 2 is 1.52 bits per heavy atom. The summed E-state index contributed by atoms with van der Waals surface area (Å²) in [7, 11) is 0. The van der Waals surface area contributed by atoms with E-state index in [1.165, 1.54) is 0 Å². The first-order valence-corrected chi connectivity index (χ1v) is 9.77. The smallest absolute Gasteiger partial charge is 0.332 e. The Morgan fingerprint density at radius 3 is 1.97 bits per heavy atom. The van der Waals surface area contributed by atoms with Crippen LogP contribution in [0.4, 0.5) is 0 Å². The topological polar surface area (TPSA) is 118 Å². The van der Waals surface area contributed by atoms with Crippen molar-refractivity contribution in [1.29, 1.82) is 0 Å². The number of ether oxygens (including phenoxy) is 5. The Hall–Kier alpha value is -1.26. The first-order valence-electron chi connectivity index (χ1n) is 9.77. The maximum absolute atomic E-state index is 11.2. The summed E-state index contributed by atoms with van der Waals surface area (Å²) in [5.41, 5.74) is 1.99. The van der Waals surface area contributed by atoms with Gasteiger partial charge in [-0.2, -0.15) is 0 Å². The maximum atomic E-state index is 11.2. The van der Waals surface area contributed by atoms with Gasteiger partial charge in [0.25, 0.3) is 5.91 Å². The van der Waals surface area contributed by atoms with Crippen LogP contribution in [-0.4, -0.2) is 57.5 Å². The van der Waals surface area contributed by atoms with Gasteiger partial charge >= 0.3 is 5.97 Å². The van der Waals surface area contributed by atoms with E-state index in [0.29, 0.717) is 6.61 Å². The second-order valence-corrected chi connectivity index (χ2v) is 6.36. The second-order valence-electron chi connectivity index (χ2n) is 6.36. The number of hydrazine groups is 1. The molecule has 0 aromatic rings. The van der Waals surface area contributed by atoms with Crippen LogP contribution >= 0.6 is 0 Å². The van der Waals surface area contributed by atoms with E-state index in [4.69, 9.17) is 29.5 Å². The molecule has 9 nitrogen and oxygen atoms in total. The molecule has 2 saturated heterocycles. The van der Waals surface area contributed by atoms with Crippen LogP contribution in [0.3, 0.4) is 0 Å². The van der Waals surface area contributed by atoms with Gasteiger partial charge in [-0.25, -0.2) is 10.6 Å². The van der Waals surface area contributed by atoms with E-state index in [2.05, 4.69) is 6.92 Å². The average molecular weight is 423 g/mol. The molecule has 0 spiro atoms. The zero-order chi connectivity index (χ0) is 19.7. The summed E-state index contributed by atoms with van der Waals surface area (Å²) in [4.78, 5) is 21.8. The first-order chi connectivity index (χ1) is 13.2. The number of nitrogens with one attached hydrogen (secondary N) is 1. The van der Waals surface area contributed by atoms with Crippen LogP contribution in [0.5, 0.6) is 0 Å². The molecule has 2 rings (SSSR count). The Morgan fingerprint density at radius 1 is 0.966 bits per heavy atom. The average Bonchev–Trinajstić information content (AvgIpc) is 2.72. The third-order valence-corrected chi connectivity index (χ3v) is 3.99. The highest BCUT2D eigenvalue weighted by Crippen LogP contribution is 2.14. The third kappa shape index (κ3) is 16.2. The summed E-state index contributed by atoms with van der Waals surface area (Å²) in [5.74, 6) is 4.24. The Balaban J connectivity index is 0. The van der Waals surface area contributed by atoms with Crippen molar-refractivity contribution in [1.82, 2.24) is 5.43 Å². The zero-order valence-corrected chi connectivity index (χ0v) is 16.3. The quantitative estimate of drug-likeness (QED) is 0.191. The number of unbranched alkanes of at least 4 members (excludes halogenated alkanes) is 1. The minimum Gasteiger partial charge on any atom is -0.464 e. The van der Waals surface area contributed by atoms with Crippen LogP contribution in [0.2, 0.25) is 0 Å². The number of carbonyl (C=O) groups is 2. The van der Waals surface area contributed by atoms with Crippen LogP contribution in [0.1, 0.15) is 73.1 Å². The van der Waals surface area contributed by atoms with Crippen molar-refractivity contribution in [2.75, 3.05) is 33.0 Å². The van der Waals surface area contributed by atoms with Gasteiger partial charge in [0, 0.05) is 13.2 Å². The molecular weight excluding hydrogens is 380 g/mol. The third-order valence-electron chi connectivity index (χ3n) is 3.99. The van der Waals surface area contributed by atoms with Crippen molar-refractivity contribution in [2.24, 2.45) is 5.84 Å². The van der Waals surface area contributed by atoms with Gasteiger partial charge < -0.3 is 23.7 Å². The van der Waals surface area contributed by atoms with E-state index in [-0.39, 0.29) is 52.5 Å². The molecule has 2 heterocycles. The summed E-state index contributed by atoms with van der Waals surface area (Å²) in [6.07, 6.45) is 7.59. The highest BCUT2D eigenvalue weighted by molar-refractivity contribution is 5.76. The van der Waals surface area contributed by atoms with E-state index in [9.17, 15) is 9.59 Å². The summed E-state index contributed by atoms with van der Waals surface area (Å²) < 4.78 is 25.9. The lowest BCUT2D eigenvalue weighted by Gasteiger charge is -2.22. The molecule has 2 atom stereocenters. The molecule has 0 aromatic carbocycles. The zero-order valence-electron chi connectivity index (χ0n) is 16.3. The monoisotopic (exact) mass is 422 g/mol. The Kier molecular flexibility index (Phi) is 20.7. The molecule has 2 aliphatic heterocycles. The summed E-state index contributed by atoms with van der Waals surface area (Å²) in [6, 6.07) is 0. The van der Waals surface area contributed by atoms with E-state index in [1.54, 1.807) is 0 Å². The van der Waals surface area contributed by atoms with E-state index in [0.717, 1.165) is 64.6 Å². The fourth-order valence-corrected chi connectivity index (χ4v) is 2.43. The fraction of sp³-hybridized carbons (Fsp3) is 0.900. The summed E-state index contributed by atoms with van der Waals surface area (Å²) in [6.45, 7) is 3.98. The number of hydrogen-bond acceptors (Lipinski definition) is 8. The van der Waals surface area contributed by atoms with E-state index < -0.39 is 0 Å². The first kappa shape index (κ1) is 29.9. The summed E-state index contributed by atoms with van der Waals surface area (Å²) >= 11 is 0.